The quantitative estimate of drug-likeness (QED) is 0.733. The van der Waals surface area contributed by atoms with E-state index in [0.29, 0.717) is 13.2 Å². The van der Waals surface area contributed by atoms with E-state index in [1.165, 1.54) is 26.4 Å². The summed E-state index contributed by atoms with van der Waals surface area (Å²) in [6, 6.07) is 0.252. The summed E-state index contributed by atoms with van der Waals surface area (Å²) in [5.74, 6) is -0.178. The Kier molecular flexibility index (Phi) is 7.16. The zero-order chi connectivity index (χ0) is 15.8. The minimum atomic E-state index is -0.303. The first-order valence-electron chi connectivity index (χ1n) is 8.71. The van der Waals surface area contributed by atoms with Crippen molar-refractivity contribution in [1.29, 1.82) is 0 Å². The normalized spacial score (nSPS) is 23.6. The maximum Gasteiger partial charge on any atom is 0.307 e. The van der Waals surface area contributed by atoms with Crippen molar-refractivity contribution >= 4 is 11.9 Å². The number of amides is 1. The lowest BCUT2D eigenvalue weighted by molar-refractivity contribution is -0.146. The van der Waals surface area contributed by atoms with Crippen LogP contribution in [0.1, 0.15) is 64.2 Å². The second kappa shape index (κ2) is 9.13. The van der Waals surface area contributed by atoms with Gasteiger partial charge in [-0.1, -0.05) is 32.1 Å². The SMILES string of the molecule is COC(=O)CCN(C(=O)C1CCCO1)C1CCCCCCC1. The number of hydrogen-bond donors (Lipinski definition) is 0. The Hall–Kier alpha value is -1.10. The molecule has 1 heterocycles. The Balaban J connectivity index is 2.00. The van der Waals surface area contributed by atoms with Gasteiger partial charge in [-0.15, -0.1) is 0 Å². The first-order chi connectivity index (χ1) is 10.7. The third-order valence-electron chi connectivity index (χ3n) is 4.79. The molecule has 1 aliphatic carbocycles. The molecule has 2 fully saturated rings. The Morgan fingerprint density at radius 1 is 1.05 bits per heavy atom. The molecule has 0 radical (unpaired) electrons. The number of ether oxygens (including phenoxy) is 2. The van der Waals surface area contributed by atoms with Gasteiger partial charge in [-0.05, 0) is 25.7 Å². The Labute approximate surface area is 133 Å². The number of carbonyl (C=O) groups excluding carboxylic acids is 2. The van der Waals surface area contributed by atoms with Crippen LogP contribution in [0.3, 0.4) is 0 Å². The molecule has 0 N–H and O–H groups in total. The smallest absolute Gasteiger partial charge is 0.307 e. The lowest BCUT2D eigenvalue weighted by Crippen LogP contribution is -2.46. The van der Waals surface area contributed by atoms with Gasteiger partial charge >= 0.3 is 5.97 Å². The summed E-state index contributed by atoms with van der Waals surface area (Å²) in [7, 11) is 1.39. The molecule has 2 rings (SSSR count). The highest BCUT2D eigenvalue weighted by molar-refractivity contribution is 5.82. The van der Waals surface area contributed by atoms with Gasteiger partial charge in [0.2, 0.25) is 0 Å². The van der Waals surface area contributed by atoms with Gasteiger partial charge in [0.15, 0.2) is 0 Å². The van der Waals surface area contributed by atoms with Crippen molar-refractivity contribution < 1.29 is 19.1 Å². The molecule has 0 bridgehead atoms. The fourth-order valence-electron chi connectivity index (χ4n) is 3.49. The van der Waals surface area contributed by atoms with Gasteiger partial charge in [0, 0.05) is 19.2 Å². The largest absolute Gasteiger partial charge is 0.469 e. The third-order valence-corrected chi connectivity index (χ3v) is 4.79. The predicted octanol–water partition coefficient (Wildman–Crippen LogP) is 2.67. The molecule has 0 aromatic rings. The highest BCUT2D eigenvalue weighted by Crippen LogP contribution is 2.24. The molecule has 0 aromatic carbocycles. The van der Waals surface area contributed by atoms with Crippen molar-refractivity contribution in [2.24, 2.45) is 0 Å². The van der Waals surface area contributed by atoms with Crippen molar-refractivity contribution in [3.8, 4) is 0 Å². The van der Waals surface area contributed by atoms with E-state index in [-0.39, 0.29) is 30.4 Å². The highest BCUT2D eigenvalue weighted by atomic mass is 16.5. The van der Waals surface area contributed by atoms with Crippen molar-refractivity contribution in [1.82, 2.24) is 4.90 Å². The number of esters is 1. The fraction of sp³-hybridized carbons (Fsp3) is 0.882. The van der Waals surface area contributed by atoms with Gasteiger partial charge in [0.05, 0.1) is 13.5 Å². The van der Waals surface area contributed by atoms with Crippen LogP contribution in [0.2, 0.25) is 0 Å². The Morgan fingerprint density at radius 3 is 2.32 bits per heavy atom. The van der Waals surface area contributed by atoms with E-state index in [2.05, 4.69) is 0 Å². The number of rotatable bonds is 5. The molecule has 1 saturated heterocycles. The van der Waals surface area contributed by atoms with Crippen LogP contribution in [-0.4, -0.2) is 49.2 Å². The molecule has 22 heavy (non-hydrogen) atoms. The minimum Gasteiger partial charge on any atom is -0.469 e. The number of nitrogens with zero attached hydrogens (tertiary/aromatic N) is 1. The van der Waals surface area contributed by atoms with Gasteiger partial charge in [-0.3, -0.25) is 9.59 Å². The molecule has 1 unspecified atom stereocenters. The topological polar surface area (TPSA) is 55.8 Å². The molecule has 5 nitrogen and oxygen atoms in total. The minimum absolute atomic E-state index is 0.0759. The maximum absolute atomic E-state index is 12.8. The molecule has 2 aliphatic rings. The summed E-state index contributed by atoms with van der Waals surface area (Å²) in [4.78, 5) is 26.2. The van der Waals surface area contributed by atoms with E-state index >= 15 is 0 Å². The molecule has 1 amide bonds. The Morgan fingerprint density at radius 2 is 1.73 bits per heavy atom. The molecule has 0 spiro atoms. The van der Waals surface area contributed by atoms with E-state index < -0.39 is 0 Å². The van der Waals surface area contributed by atoms with Gasteiger partial charge in [-0.2, -0.15) is 0 Å². The predicted molar refractivity (Wildman–Crippen MR) is 83.4 cm³/mol. The summed E-state index contributed by atoms with van der Waals surface area (Å²) in [5.41, 5.74) is 0. The van der Waals surface area contributed by atoms with Gasteiger partial charge in [-0.25, -0.2) is 0 Å². The molecule has 126 valence electrons. The van der Waals surface area contributed by atoms with Crippen molar-refractivity contribution in [3.05, 3.63) is 0 Å². The number of hydrogen-bond acceptors (Lipinski definition) is 4. The van der Waals surface area contributed by atoms with E-state index in [4.69, 9.17) is 9.47 Å². The summed E-state index contributed by atoms with van der Waals surface area (Å²) < 4.78 is 10.3. The number of methoxy groups -OCH3 is 1. The van der Waals surface area contributed by atoms with Crippen LogP contribution in [0.15, 0.2) is 0 Å². The van der Waals surface area contributed by atoms with Crippen LogP contribution in [0.4, 0.5) is 0 Å². The average molecular weight is 311 g/mol. The zero-order valence-corrected chi connectivity index (χ0v) is 13.7. The van der Waals surface area contributed by atoms with Crippen LogP contribution in [-0.2, 0) is 19.1 Å². The summed E-state index contributed by atoms with van der Waals surface area (Å²) >= 11 is 0. The second-order valence-corrected chi connectivity index (χ2v) is 6.36. The van der Waals surface area contributed by atoms with Crippen molar-refractivity contribution in [2.75, 3.05) is 20.3 Å². The molecular formula is C17H29NO4. The van der Waals surface area contributed by atoms with Crippen LogP contribution < -0.4 is 0 Å². The highest BCUT2D eigenvalue weighted by Gasteiger charge is 2.32. The summed E-state index contributed by atoms with van der Waals surface area (Å²) in [6.45, 7) is 1.13. The van der Waals surface area contributed by atoms with Crippen LogP contribution in [0.5, 0.6) is 0 Å². The third kappa shape index (κ3) is 4.97. The molecular weight excluding hydrogens is 282 g/mol. The summed E-state index contributed by atoms with van der Waals surface area (Å²) in [6.07, 6.45) is 9.93. The molecule has 1 atom stereocenters. The first-order valence-corrected chi connectivity index (χ1v) is 8.71. The Bertz CT molecular complexity index is 358. The lowest BCUT2D eigenvalue weighted by atomic mass is 9.95. The average Bonchev–Trinajstić information content (AvgIpc) is 3.02. The van der Waals surface area contributed by atoms with E-state index in [0.717, 1.165) is 38.5 Å². The van der Waals surface area contributed by atoms with Crippen molar-refractivity contribution in [3.63, 3.8) is 0 Å². The first kappa shape index (κ1) is 17.3. The maximum atomic E-state index is 12.8. The van der Waals surface area contributed by atoms with E-state index in [1.54, 1.807) is 0 Å². The molecule has 1 saturated carbocycles. The lowest BCUT2D eigenvalue weighted by Gasteiger charge is -2.34. The van der Waals surface area contributed by atoms with E-state index in [9.17, 15) is 9.59 Å². The molecule has 1 aliphatic heterocycles. The standard InChI is InChI=1S/C17H29NO4/c1-21-16(19)11-12-18(17(20)15-10-7-13-22-15)14-8-5-3-2-4-6-9-14/h14-15H,2-13H2,1H3. The van der Waals surface area contributed by atoms with Crippen molar-refractivity contribution in [2.45, 2.75) is 76.4 Å². The van der Waals surface area contributed by atoms with Gasteiger partial charge in [0.1, 0.15) is 6.10 Å². The van der Waals surface area contributed by atoms with Crippen LogP contribution in [0.25, 0.3) is 0 Å². The van der Waals surface area contributed by atoms with Gasteiger partial charge in [0.25, 0.3) is 5.91 Å². The van der Waals surface area contributed by atoms with Gasteiger partial charge < -0.3 is 14.4 Å². The zero-order valence-electron chi connectivity index (χ0n) is 13.7. The fourth-order valence-corrected chi connectivity index (χ4v) is 3.49. The summed E-state index contributed by atoms with van der Waals surface area (Å²) in [5, 5.41) is 0. The van der Waals surface area contributed by atoms with E-state index in [1.807, 2.05) is 4.90 Å². The molecule has 5 heteroatoms. The molecule has 0 aromatic heterocycles. The number of carbonyl (C=O) groups is 2. The second-order valence-electron chi connectivity index (χ2n) is 6.36. The monoisotopic (exact) mass is 311 g/mol. The van der Waals surface area contributed by atoms with Crippen LogP contribution >= 0.6 is 0 Å². The van der Waals surface area contributed by atoms with Crippen LogP contribution in [0, 0.1) is 0 Å².